The summed E-state index contributed by atoms with van der Waals surface area (Å²) in [6, 6.07) is 9.71. The van der Waals surface area contributed by atoms with Crippen molar-refractivity contribution in [1.82, 2.24) is 10.3 Å². The minimum absolute atomic E-state index is 0.0636. The molecule has 15 heteroatoms. The predicted octanol–water partition coefficient (Wildman–Crippen LogP) is 4.00. The summed E-state index contributed by atoms with van der Waals surface area (Å²) in [6.07, 6.45) is -6.14. The molecular weight excluding hydrogens is 646 g/mol. The molecular formula is C32H39F4N3O7S. The summed E-state index contributed by atoms with van der Waals surface area (Å²) in [4.78, 5) is 17.2. The van der Waals surface area contributed by atoms with E-state index in [9.17, 15) is 36.8 Å². The van der Waals surface area contributed by atoms with E-state index in [-0.39, 0.29) is 58.6 Å². The zero-order valence-corrected chi connectivity index (χ0v) is 27.4. The molecule has 0 saturated heterocycles. The predicted molar refractivity (Wildman–Crippen MR) is 169 cm³/mol. The number of aliphatic hydroxyl groups excluding tert-OH is 1. The van der Waals surface area contributed by atoms with Gasteiger partial charge in [-0.25, -0.2) is 9.37 Å². The van der Waals surface area contributed by atoms with E-state index < -0.39 is 62.6 Å². The second kappa shape index (κ2) is 13.4. The average molecular weight is 686 g/mol. The van der Waals surface area contributed by atoms with Crippen LogP contribution in [-0.2, 0) is 15.7 Å². The molecule has 0 spiro atoms. The van der Waals surface area contributed by atoms with Crippen LogP contribution in [0.4, 0.5) is 17.6 Å². The van der Waals surface area contributed by atoms with Crippen LogP contribution >= 0.6 is 0 Å². The number of halogens is 4. The van der Waals surface area contributed by atoms with Crippen LogP contribution in [0.25, 0.3) is 11.3 Å². The van der Waals surface area contributed by atoms with Gasteiger partial charge in [-0.3, -0.25) is 14.1 Å². The molecule has 0 fully saturated rings. The Bertz CT molecular complexity index is 1660. The maximum absolute atomic E-state index is 14.8. The molecule has 0 aliphatic carbocycles. The van der Waals surface area contributed by atoms with Crippen molar-refractivity contribution in [3.8, 4) is 28.5 Å². The SMILES string of the molecule is COc1cc(C(=O)NCC(O)(c2cc3c(c(-c4ccc(F)cc4)n2)OCC3C[SH](N)(=O)C(C)(C)C)C(F)(F)F)ccc1OC[C@@H](C)O. The smallest absolute Gasteiger partial charge is 0.424 e. The van der Waals surface area contributed by atoms with E-state index in [2.05, 4.69) is 10.3 Å². The van der Waals surface area contributed by atoms with E-state index in [1.165, 1.54) is 44.4 Å². The fourth-order valence-electron chi connectivity index (χ4n) is 4.83. The lowest BCUT2D eigenvalue weighted by Crippen LogP contribution is -2.51. The molecule has 3 atom stereocenters. The van der Waals surface area contributed by atoms with Crippen molar-refractivity contribution in [1.29, 1.82) is 0 Å². The molecule has 3 aromatic rings. The third-order valence-electron chi connectivity index (χ3n) is 7.92. The number of benzene rings is 2. The summed E-state index contributed by atoms with van der Waals surface area (Å²) in [5, 5.41) is 29.2. The number of thiol groups is 1. The van der Waals surface area contributed by atoms with Gasteiger partial charge in [-0.05, 0) is 76.2 Å². The van der Waals surface area contributed by atoms with Crippen LogP contribution in [0.15, 0.2) is 48.5 Å². The number of nitrogens with zero attached hydrogens (tertiary/aromatic N) is 1. The van der Waals surface area contributed by atoms with Gasteiger partial charge in [0.1, 0.15) is 23.9 Å². The van der Waals surface area contributed by atoms with Crippen LogP contribution in [0.2, 0.25) is 0 Å². The van der Waals surface area contributed by atoms with Gasteiger partial charge in [-0.15, -0.1) is 0 Å². The number of carbonyl (C=O) groups excluding carboxylic acids is 1. The highest BCUT2D eigenvalue weighted by atomic mass is 32.3. The lowest BCUT2D eigenvalue weighted by Gasteiger charge is -2.35. The lowest BCUT2D eigenvalue weighted by molar-refractivity contribution is -0.265. The highest BCUT2D eigenvalue weighted by Gasteiger charge is 2.57. The number of ether oxygens (including phenoxy) is 3. The van der Waals surface area contributed by atoms with Crippen LogP contribution < -0.4 is 24.7 Å². The molecule has 1 aliphatic rings. The summed E-state index contributed by atoms with van der Waals surface area (Å²) in [5.41, 5.74) is -4.37. The number of amides is 1. The first-order chi connectivity index (χ1) is 21.8. The lowest BCUT2D eigenvalue weighted by atomic mass is 9.92. The number of methoxy groups -OCH3 is 1. The van der Waals surface area contributed by atoms with Crippen LogP contribution in [0.5, 0.6) is 17.2 Å². The molecule has 0 radical (unpaired) electrons. The Morgan fingerprint density at radius 1 is 1.15 bits per heavy atom. The number of hydrogen-bond donors (Lipinski definition) is 5. The number of pyridine rings is 1. The molecule has 10 nitrogen and oxygen atoms in total. The number of fused-ring (bicyclic) bond motifs is 1. The van der Waals surface area contributed by atoms with E-state index in [0.717, 1.165) is 18.2 Å². The molecule has 0 bridgehead atoms. The Morgan fingerprint density at radius 2 is 1.81 bits per heavy atom. The van der Waals surface area contributed by atoms with Gasteiger partial charge in [-0.1, -0.05) is 10.1 Å². The van der Waals surface area contributed by atoms with E-state index in [4.69, 9.17) is 19.3 Å². The zero-order valence-electron chi connectivity index (χ0n) is 26.5. The number of alkyl halides is 3. The third kappa shape index (κ3) is 7.69. The second-order valence-electron chi connectivity index (χ2n) is 12.5. The Labute approximate surface area is 270 Å². The summed E-state index contributed by atoms with van der Waals surface area (Å²) in [5.74, 6) is -2.00. The number of rotatable bonds is 11. The molecule has 258 valence electrons. The maximum Gasteiger partial charge on any atom is 0.424 e. The number of carbonyl (C=O) groups is 1. The normalized spacial score (nSPS) is 17.2. The van der Waals surface area contributed by atoms with E-state index >= 15 is 0 Å². The Balaban J connectivity index is 1.75. The summed E-state index contributed by atoms with van der Waals surface area (Å²) < 4.78 is 87.2. The van der Waals surface area contributed by atoms with Crippen molar-refractivity contribution in [2.75, 3.05) is 32.6 Å². The highest BCUT2D eigenvalue weighted by Crippen LogP contribution is 2.46. The van der Waals surface area contributed by atoms with Crippen molar-refractivity contribution in [2.45, 2.75) is 56.2 Å². The van der Waals surface area contributed by atoms with Gasteiger partial charge in [-0.2, -0.15) is 13.2 Å². The number of nitrogens with two attached hydrogens (primary N) is 1. The molecule has 0 saturated carbocycles. The van der Waals surface area contributed by atoms with Crippen molar-refractivity contribution < 1.29 is 51.0 Å². The van der Waals surface area contributed by atoms with Crippen molar-refractivity contribution in [3.05, 3.63) is 71.2 Å². The first-order valence-electron chi connectivity index (χ1n) is 14.7. The van der Waals surface area contributed by atoms with Crippen molar-refractivity contribution in [2.24, 2.45) is 5.14 Å². The van der Waals surface area contributed by atoms with Gasteiger partial charge < -0.3 is 29.7 Å². The first kappa shape index (κ1) is 36.1. The molecule has 1 aliphatic heterocycles. The largest absolute Gasteiger partial charge is 0.493 e. The topological polar surface area (TPSA) is 153 Å². The minimum Gasteiger partial charge on any atom is -0.493 e. The van der Waals surface area contributed by atoms with Gasteiger partial charge in [0.05, 0.1) is 32.1 Å². The minimum atomic E-state index is -5.35. The summed E-state index contributed by atoms with van der Waals surface area (Å²) in [6.45, 7) is 5.13. The van der Waals surface area contributed by atoms with Crippen LogP contribution in [0.3, 0.4) is 0 Å². The number of aliphatic hydroxyl groups is 2. The van der Waals surface area contributed by atoms with Crippen molar-refractivity contribution in [3.63, 3.8) is 0 Å². The van der Waals surface area contributed by atoms with E-state index in [1.54, 1.807) is 20.8 Å². The molecule has 2 unspecified atom stereocenters. The standard InChI is InChI=1S/C32H39F4N3O7S/c1-18(40)14-45-24-11-8-20(12-25(24)44-5)29(41)38-17-31(42,32(34,35)36)26-13-23-21(16-47(37,43)30(2,3)4)15-46-28(23)27(39-26)19-6-9-22(33)10-7-19/h6-13,18,21,40,42,47H,14-17H2,1-5H3,(H2,37,43)(H,38,41)/t18-,21?,31?/m1/s1. The van der Waals surface area contributed by atoms with Gasteiger partial charge >= 0.3 is 6.18 Å². The zero-order chi connectivity index (χ0) is 34.9. The van der Waals surface area contributed by atoms with E-state index in [0.29, 0.717) is 0 Å². The molecule has 1 aromatic heterocycles. The Hall–Kier alpha value is -3.79. The van der Waals surface area contributed by atoms with Crippen LogP contribution in [-0.4, -0.2) is 75.0 Å². The monoisotopic (exact) mass is 685 g/mol. The second-order valence-corrected chi connectivity index (χ2v) is 15.8. The fourth-order valence-corrected chi connectivity index (χ4v) is 6.34. The van der Waals surface area contributed by atoms with E-state index in [1.807, 2.05) is 0 Å². The Kier molecular flexibility index (Phi) is 10.3. The number of aromatic nitrogens is 1. The van der Waals surface area contributed by atoms with Crippen LogP contribution in [0.1, 0.15) is 55.2 Å². The van der Waals surface area contributed by atoms with Gasteiger partial charge in [0.2, 0.25) is 5.60 Å². The molecule has 1 amide bonds. The molecule has 2 aromatic carbocycles. The van der Waals surface area contributed by atoms with Gasteiger partial charge in [0.15, 0.2) is 11.5 Å². The number of hydrogen-bond acceptors (Lipinski definition) is 8. The average Bonchev–Trinajstić information content (AvgIpc) is 3.39. The molecule has 47 heavy (non-hydrogen) atoms. The molecule has 5 N–H and O–H groups in total. The summed E-state index contributed by atoms with van der Waals surface area (Å²) >= 11 is 0. The fraction of sp³-hybridized carbons (Fsp3) is 0.438. The summed E-state index contributed by atoms with van der Waals surface area (Å²) in [7, 11) is -2.07. The first-order valence-corrected chi connectivity index (χ1v) is 16.6. The maximum atomic E-state index is 14.8. The van der Waals surface area contributed by atoms with Gasteiger partial charge in [0.25, 0.3) is 5.91 Å². The van der Waals surface area contributed by atoms with Gasteiger partial charge in [0, 0.05) is 33.1 Å². The quantitative estimate of drug-likeness (QED) is 0.150. The van der Waals surface area contributed by atoms with Crippen LogP contribution in [0, 0.1) is 5.82 Å². The highest BCUT2D eigenvalue weighted by molar-refractivity contribution is 8.02. The van der Waals surface area contributed by atoms with Crippen molar-refractivity contribution >= 4 is 16.0 Å². The third-order valence-corrected chi connectivity index (χ3v) is 11.2. The molecule has 2 heterocycles. The Morgan fingerprint density at radius 3 is 2.38 bits per heavy atom. The molecule has 4 rings (SSSR count). The number of nitrogens with one attached hydrogen (secondary N) is 1.